The summed E-state index contributed by atoms with van der Waals surface area (Å²) in [6.07, 6.45) is 0.345. The highest BCUT2D eigenvalue weighted by atomic mass is 79.9. The maximum absolute atomic E-state index is 13.8. The van der Waals surface area contributed by atoms with E-state index in [1.54, 1.807) is 18.2 Å². The molecule has 1 unspecified atom stereocenters. The van der Waals surface area contributed by atoms with E-state index in [4.69, 9.17) is 17.3 Å². The zero-order valence-corrected chi connectivity index (χ0v) is 12.2. The first kappa shape index (κ1) is 14.4. The maximum Gasteiger partial charge on any atom is 0.129 e. The average Bonchev–Trinajstić information content (AvgIpc) is 2.32. The fourth-order valence-corrected chi connectivity index (χ4v) is 2.41. The van der Waals surface area contributed by atoms with Gasteiger partial charge in [-0.25, -0.2) is 8.78 Å². The van der Waals surface area contributed by atoms with E-state index in [1.165, 1.54) is 18.2 Å². The van der Waals surface area contributed by atoms with Crippen LogP contribution in [0, 0.1) is 11.6 Å². The summed E-state index contributed by atoms with van der Waals surface area (Å²) in [5.74, 6) is -0.780. The molecule has 0 bridgehead atoms. The van der Waals surface area contributed by atoms with E-state index in [0.29, 0.717) is 27.0 Å². The van der Waals surface area contributed by atoms with E-state index in [0.717, 1.165) is 0 Å². The second-order valence-electron chi connectivity index (χ2n) is 4.21. The normalized spacial score (nSPS) is 12.5. The van der Waals surface area contributed by atoms with E-state index < -0.39 is 11.9 Å². The average molecular weight is 347 g/mol. The highest BCUT2D eigenvalue weighted by Crippen LogP contribution is 2.25. The van der Waals surface area contributed by atoms with Crippen molar-refractivity contribution in [2.24, 2.45) is 5.73 Å². The van der Waals surface area contributed by atoms with Crippen molar-refractivity contribution in [2.45, 2.75) is 12.5 Å². The second-order valence-corrected chi connectivity index (χ2v) is 5.54. The number of rotatable bonds is 3. The van der Waals surface area contributed by atoms with E-state index >= 15 is 0 Å². The third-order valence-electron chi connectivity index (χ3n) is 2.82. The summed E-state index contributed by atoms with van der Waals surface area (Å²) in [6, 6.07) is 8.28. The Labute approximate surface area is 123 Å². The van der Waals surface area contributed by atoms with Gasteiger partial charge in [-0.05, 0) is 36.2 Å². The molecule has 2 N–H and O–H groups in total. The second kappa shape index (κ2) is 5.99. The summed E-state index contributed by atoms with van der Waals surface area (Å²) in [5.41, 5.74) is 7.08. The van der Waals surface area contributed by atoms with Crippen LogP contribution in [0.5, 0.6) is 0 Å². The lowest BCUT2D eigenvalue weighted by atomic mass is 9.99. The first-order valence-electron chi connectivity index (χ1n) is 5.62. The molecule has 19 heavy (non-hydrogen) atoms. The van der Waals surface area contributed by atoms with Gasteiger partial charge < -0.3 is 5.73 Å². The molecule has 0 fully saturated rings. The lowest BCUT2D eigenvalue weighted by molar-refractivity contribution is 0.579. The monoisotopic (exact) mass is 345 g/mol. The molecule has 0 amide bonds. The summed E-state index contributed by atoms with van der Waals surface area (Å²) >= 11 is 9.12. The molecule has 1 atom stereocenters. The molecule has 2 rings (SSSR count). The van der Waals surface area contributed by atoms with Gasteiger partial charge in [-0.15, -0.1) is 0 Å². The Morgan fingerprint density at radius 2 is 1.89 bits per heavy atom. The fraction of sp³-hybridized carbons (Fsp3) is 0.143. The molecule has 0 spiro atoms. The van der Waals surface area contributed by atoms with Gasteiger partial charge in [-0.3, -0.25) is 0 Å². The first-order valence-corrected chi connectivity index (χ1v) is 6.79. The first-order chi connectivity index (χ1) is 8.97. The number of halogens is 4. The Kier molecular flexibility index (Phi) is 4.55. The molecule has 0 aliphatic rings. The van der Waals surface area contributed by atoms with Gasteiger partial charge in [0.15, 0.2) is 0 Å². The summed E-state index contributed by atoms with van der Waals surface area (Å²) in [6.45, 7) is 0. The van der Waals surface area contributed by atoms with Crippen LogP contribution in [0.1, 0.15) is 17.2 Å². The standard InChI is InChI=1S/C14H11BrClF2N/c15-9-2-4-11(13(18)6-9)14(19)5-8-1-3-10(17)7-12(8)16/h1-4,6-7,14H,5,19H2. The molecule has 0 saturated heterocycles. The summed E-state index contributed by atoms with van der Waals surface area (Å²) < 4.78 is 27.4. The lowest BCUT2D eigenvalue weighted by Crippen LogP contribution is -2.15. The van der Waals surface area contributed by atoms with Gasteiger partial charge in [0.1, 0.15) is 11.6 Å². The summed E-state index contributed by atoms with van der Waals surface area (Å²) in [7, 11) is 0. The molecule has 0 aliphatic carbocycles. The lowest BCUT2D eigenvalue weighted by Gasteiger charge is -2.14. The van der Waals surface area contributed by atoms with Crippen LogP contribution in [0.15, 0.2) is 40.9 Å². The molecule has 0 radical (unpaired) electrons. The van der Waals surface area contributed by atoms with Crippen molar-refractivity contribution in [1.29, 1.82) is 0 Å². The van der Waals surface area contributed by atoms with E-state index in [-0.39, 0.29) is 5.82 Å². The van der Waals surface area contributed by atoms with Crippen LogP contribution < -0.4 is 5.73 Å². The molecule has 2 aromatic carbocycles. The van der Waals surface area contributed by atoms with Gasteiger partial charge in [0, 0.05) is 21.1 Å². The third-order valence-corrected chi connectivity index (χ3v) is 3.66. The van der Waals surface area contributed by atoms with Crippen LogP contribution in [0.25, 0.3) is 0 Å². The van der Waals surface area contributed by atoms with Crippen LogP contribution in [0.3, 0.4) is 0 Å². The number of benzene rings is 2. The van der Waals surface area contributed by atoms with E-state index in [9.17, 15) is 8.78 Å². The molecule has 0 saturated carbocycles. The summed E-state index contributed by atoms with van der Waals surface area (Å²) in [5, 5.41) is 0.299. The quantitative estimate of drug-likeness (QED) is 0.862. The minimum Gasteiger partial charge on any atom is -0.324 e. The Bertz CT molecular complexity index is 604. The highest BCUT2D eigenvalue weighted by molar-refractivity contribution is 9.10. The van der Waals surface area contributed by atoms with Crippen LogP contribution in [-0.2, 0) is 6.42 Å². The van der Waals surface area contributed by atoms with Crippen LogP contribution in [0.2, 0.25) is 5.02 Å². The molecule has 0 aliphatic heterocycles. The van der Waals surface area contributed by atoms with Gasteiger partial charge in [-0.1, -0.05) is 39.7 Å². The smallest absolute Gasteiger partial charge is 0.129 e. The van der Waals surface area contributed by atoms with Crippen molar-refractivity contribution in [1.82, 2.24) is 0 Å². The SMILES string of the molecule is NC(Cc1ccc(F)cc1Cl)c1ccc(Br)cc1F. The Morgan fingerprint density at radius 3 is 2.53 bits per heavy atom. The summed E-state index contributed by atoms with van der Waals surface area (Å²) in [4.78, 5) is 0. The van der Waals surface area contributed by atoms with Crippen LogP contribution in [0.4, 0.5) is 8.78 Å². The van der Waals surface area contributed by atoms with Crippen molar-refractivity contribution < 1.29 is 8.78 Å². The molecule has 0 aromatic heterocycles. The Balaban J connectivity index is 2.23. The zero-order valence-electron chi connectivity index (χ0n) is 9.84. The molecular weight excluding hydrogens is 336 g/mol. The molecule has 5 heteroatoms. The highest BCUT2D eigenvalue weighted by Gasteiger charge is 2.14. The minimum absolute atomic E-state index is 0.299. The molecule has 1 nitrogen and oxygen atoms in total. The van der Waals surface area contributed by atoms with Crippen molar-refractivity contribution in [3.63, 3.8) is 0 Å². The Hall–Kier alpha value is -0.970. The van der Waals surface area contributed by atoms with Gasteiger partial charge in [0.05, 0.1) is 0 Å². The predicted octanol–water partition coefficient (Wildman–Crippen LogP) is 4.62. The molecule has 0 heterocycles. The minimum atomic E-state index is -0.531. The molecule has 2 aromatic rings. The van der Waals surface area contributed by atoms with Gasteiger partial charge >= 0.3 is 0 Å². The predicted molar refractivity (Wildman–Crippen MR) is 76.1 cm³/mol. The van der Waals surface area contributed by atoms with Gasteiger partial charge in [0.25, 0.3) is 0 Å². The van der Waals surface area contributed by atoms with E-state index in [2.05, 4.69) is 15.9 Å². The van der Waals surface area contributed by atoms with Crippen molar-refractivity contribution in [2.75, 3.05) is 0 Å². The fourth-order valence-electron chi connectivity index (χ4n) is 1.84. The van der Waals surface area contributed by atoms with Gasteiger partial charge in [-0.2, -0.15) is 0 Å². The van der Waals surface area contributed by atoms with Crippen molar-refractivity contribution in [3.05, 3.63) is 68.7 Å². The molecular formula is C14H11BrClF2N. The van der Waals surface area contributed by atoms with Gasteiger partial charge in [0.2, 0.25) is 0 Å². The van der Waals surface area contributed by atoms with Crippen molar-refractivity contribution in [3.8, 4) is 0 Å². The zero-order chi connectivity index (χ0) is 14.0. The van der Waals surface area contributed by atoms with E-state index in [1.807, 2.05) is 0 Å². The number of hydrogen-bond acceptors (Lipinski definition) is 1. The maximum atomic E-state index is 13.8. The van der Waals surface area contributed by atoms with Crippen LogP contribution >= 0.6 is 27.5 Å². The topological polar surface area (TPSA) is 26.0 Å². The van der Waals surface area contributed by atoms with Crippen LogP contribution in [-0.4, -0.2) is 0 Å². The Morgan fingerprint density at radius 1 is 1.16 bits per heavy atom. The largest absolute Gasteiger partial charge is 0.324 e. The number of nitrogens with two attached hydrogens (primary N) is 1. The molecule has 100 valence electrons. The third kappa shape index (κ3) is 3.53. The van der Waals surface area contributed by atoms with Crippen molar-refractivity contribution >= 4 is 27.5 Å². The number of hydrogen-bond donors (Lipinski definition) is 1.